The summed E-state index contributed by atoms with van der Waals surface area (Å²) in [6.45, 7) is 6.91. The monoisotopic (exact) mass is 284 g/mol. The van der Waals surface area contributed by atoms with Crippen molar-refractivity contribution < 1.29 is 4.79 Å². The van der Waals surface area contributed by atoms with Crippen molar-refractivity contribution in [2.24, 2.45) is 0 Å². The Morgan fingerprint density at radius 2 is 1.90 bits per heavy atom. The van der Waals surface area contributed by atoms with E-state index in [2.05, 4.69) is 48.9 Å². The number of para-hydroxylation sites is 1. The van der Waals surface area contributed by atoms with Gasteiger partial charge in [0.1, 0.15) is 0 Å². The maximum atomic E-state index is 11.7. The zero-order valence-corrected chi connectivity index (χ0v) is 13.1. The third kappa shape index (κ3) is 3.75. The van der Waals surface area contributed by atoms with E-state index in [4.69, 9.17) is 0 Å². The molecule has 0 fully saturated rings. The molecule has 1 N–H and O–H groups in total. The lowest BCUT2D eigenvalue weighted by Gasteiger charge is -2.10. The molecule has 0 aliphatic heterocycles. The van der Waals surface area contributed by atoms with Crippen LogP contribution < -0.4 is 5.32 Å². The Balaban J connectivity index is 2.11. The average molecular weight is 284 g/mol. The average Bonchev–Trinajstić information content (AvgIpc) is 2.78. The van der Waals surface area contributed by atoms with Crippen molar-refractivity contribution in [1.82, 2.24) is 9.88 Å². The smallest absolute Gasteiger partial charge is 0.220 e. The maximum absolute atomic E-state index is 11.7. The first-order valence-corrected chi connectivity index (χ1v) is 7.63. The van der Waals surface area contributed by atoms with E-state index in [9.17, 15) is 4.79 Å². The van der Waals surface area contributed by atoms with Gasteiger partial charge in [-0.05, 0) is 44.0 Å². The minimum Gasteiger partial charge on any atom is -0.352 e. The van der Waals surface area contributed by atoms with Gasteiger partial charge in [0.2, 0.25) is 5.91 Å². The van der Waals surface area contributed by atoms with Crippen molar-refractivity contribution in [2.45, 2.75) is 46.6 Å². The molecule has 2 rings (SSSR count). The van der Waals surface area contributed by atoms with Crippen molar-refractivity contribution in [3.63, 3.8) is 0 Å². The number of carbonyl (C=O) groups is 1. The van der Waals surface area contributed by atoms with Crippen molar-refractivity contribution in [1.29, 1.82) is 0 Å². The molecule has 0 aliphatic rings. The van der Waals surface area contributed by atoms with Crippen LogP contribution in [0.25, 0.3) is 5.69 Å². The molecule has 1 amide bonds. The molecule has 0 atom stereocenters. The van der Waals surface area contributed by atoms with Crippen molar-refractivity contribution in [3.8, 4) is 5.69 Å². The number of rotatable bonds is 6. The van der Waals surface area contributed by atoms with Gasteiger partial charge < -0.3 is 9.88 Å². The van der Waals surface area contributed by atoms with E-state index < -0.39 is 0 Å². The number of nitrogens with zero attached hydrogens (tertiary/aromatic N) is 1. The fourth-order valence-corrected chi connectivity index (χ4v) is 2.60. The molecule has 0 saturated heterocycles. The SMILES string of the molecule is CCCCC(=O)NCc1cc(C)n(-c2ccccc2)c1C. The van der Waals surface area contributed by atoms with Gasteiger partial charge >= 0.3 is 0 Å². The first-order valence-electron chi connectivity index (χ1n) is 7.63. The van der Waals surface area contributed by atoms with Gasteiger partial charge in [-0.25, -0.2) is 0 Å². The van der Waals surface area contributed by atoms with E-state index in [1.807, 2.05) is 18.2 Å². The lowest BCUT2D eigenvalue weighted by atomic mass is 10.2. The number of hydrogen-bond donors (Lipinski definition) is 1. The summed E-state index contributed by atoms with van der Waals surface area (Å²) < 4.78 is 2.23. The molecule has 21 heavy (non-hydrogen) atoms. The summed E-state index contributed by atoms with van der Waals surface area (Å²) in [5, 5.41) is 3.01. The Labute approximate surface area is 127 Å². The molecule has 3 heteroatoms. The molecule has 3 nitrogen and oxygen atoms in total. The minimum absolute atomic E-state index is 0.140. The van der Waals surface area contributed by atoms with Crippen LogP contribution in [0.15, 0.2) is 36.4 Å². The number of amides is 1. The van der Waals surface area contributed by atoms with Gasteiger partial charge in [-0.2, -0.15) is 0 Å². The normalized spacial score (nSPS) is 10.6. The third-order valence-corrected chi connectivity index (χ3v) is 3.78. The van der Waals surface area contributed by atoms with Crippen molar-refractivity contribution in [2.75, 3.05) is 0 Å². The standard InChI is InChI=1S/C18H24N2O/c1-4-5-11-18(21)19-13-16-12-14(2)20(15(16)3)17-9-7-6-8-10-17/h6-10,12H,4-5,11,13H2,1-3H3,(H,19,21). The zero-order chi connectivity index (χ0) is 15.2. The van der Waals surface area contributed by atoms with Gasteiger partial charge in [0, 0.05) is 30.0 Å². The predicted octanol–water partition coefficient (Wildman–Crippen LogP) is 3.90. The van der Waals surface area contributed by atoms with E-state index in [1.54, 1.807) is 0 Å². The lowest BCUT2D eigenvalue weighted by molar-refractivity contribution is -0.121. The number of benzene rings is 1. The van der Waals surface area contributed by atoms with Gasteiger partial charge in [-0.1, -0.05) is 31.5 Å². The van der Waals surface area contributed by atoms with E-state index >= 15 is 0 Å². The second-order valence-electron chi connectivity index (χ2n) is 5.45. The third-order valence-electron chi connectivity index (χ3n) is 3.78. The van der Waals surface area contributed by atoms with Crippen LogP contribution in [0, 0.1) is 13.8 Å². The highest BCUT2D eigenvalue weighted by atomic mass is 16.1. The number of aryl methyl sites for hydroxylation is 1. The fourth-order valence-electron chi connectivity index (χ4n) is 2.60. The maximum Gasteiger partial charge on any atom is 0.220 e. The Hall–Kier alpha value is -2.03. The summed E-state index contributed by atoms with van der Waals surface area (Å²) >= 11 is 0. The highest BCUT2D eigenvalue weighted by Crippen LogP contribution is 2.20. The molecule has 0 aliphatic carbocycles. The fraction of sp³-hybridized carbons (Fsp3) is 0.389. The Kier molecular flexibility index (Phi) is 5.20. The molecule has 0 saturated carbocycles. The number of nitrogens with one attached hydrogen (secondary N) is 1. The van der Waals surface area contributed by atoms with Crippen LogP contribution in [0.4, 0.5) is 0 Å². The van der Waals surface area contributed by atoms with Crippen LogP contribution in [-0.4, -0.2) is 10.5 Å². The van der Waals surface area contributed by atoms with Crippen LogP contribution in [0.3, 0.4) is 0 Å². The van der Waals surface area contributed by atoms with Crippen molar-refractivity contribution in [3.05, 3.63) is 53.3 Å². The molecule has 1 aromatic carbocycles. The molecule has 0 radical (unpaired) electrons. The van der Waals surface area contributed by atoms with Gasteiger partial charge in [-0.15, -0.1) is 0 Å². The van der Waals surface area contributed by atoms with E-state index in [0.29, 0.717) is 13.0 Å². The van der Waals surface area contributed by atoms with Crippen LogP contribution in [0.1, 0.15) is 43.1 Å². The first kappa shape index (κ1) is 15.4. The quantitative estimate of drug-likeness (QED) is 0.857. The van der Waals surface area contributed by atoms with Crippen LogP contribution in [0.5, 0.6) is 0 Å². The molecule has 0 bridgehead atoms. The number of carbonyl (C=O) groups excluding carboxylic acids is 1. The predicted molar refractivity (Wildman–Crippen MR) is 86.6 cm³/mol. The Bertz CT molecular complexity index is 599. The Morgan fingerprint density at radius 3 is 2.57 bits per heavy atom. The molecule has 0 spiro atoms. The summed E-state index contributed by atoms with van der Waals surface area (Å²) in [5.41, 5.74) is 4.73. The van der Waals surface area contributed by atoms with Gasteiger partial charge in [-0.3, -0.25) is 4.79 Å². The number of aromatic nitrogens is 1. The van der Waals surface area contributed by atoms with Crippen molar-refractivity contribution >= 4 is 5.91 Å². The zero-order valence-electron chi connectivity index (χ0n) is 13.1. The van der Waals surface area contributed by atoms with E-state index in [1.165, 1.54) is 17.0 Å². The van der Waals surface area contributed by atoms with E-state index in [-0.39, 0.29) is 5.91 Å². The largest absolute Gasteiger partial charge is 0.352 e. The molecular formula is C18H24N2O. The second kappa shape index (κ2) is 7.11. The molecule has 0 unspecified atom stereocenters. The van der Waals surface area contributed by atoms with E-state index in [0.717, 1.165) is 18.5 Å². The molecule has 1 aromatic heterocycles. The van der Waals surface area contributed by atoms with Gasteiger partial charge in [0.05, 0.1) is 0 Å². The highest BCUT2D eigenvalue weighted by molar-refractivity contribution is 5.75. The summed E-state index contributed by atoms with van der Waals surface area (Å²) in [4.78, 5) is 11.7. The van der Waals surface area contributed by atoms with Gasteiger partial charge in [0.25, 0.3) is 0 Å². The van der Waals surface area contributed by atoms with Crippen LogP contribution in [0.2, 0.25) is 0 Å². The summed E-state index contributed by atoms with van der Waals surface area (Å²) in [6, 6.07) is 12.5. The minimum atomic E-state index is 0.140. The molecular weight excluding hydrogens is 260 g/mol. The molecule has 1 heterocycles. The molecule has 112 valence electrons. The number of unbranched alkanes of at least 4 members (excludes halogenated alkanes) is 1. The Morgan fingerprint density at radius 1 is 1.19 bits per heavy atom. The van der Waals surface area contributed by atoms with Gasteiger partial charge in [0.15, 0.2) is 0 Å². The second-order valence-corrected chi connectivity index (χ2v) is 5.45. The topological polar surface area (TPSA) is 34.0 Å². The summed E-state index contributed by atoms with van der Waals surface area (Å²) in [6.07, 6.45) is 2.62. The van der Waals surface area contributed by atoms with Crippen LogP contribution in [-0.2, 0) is 11.3 Å². The lowest BCUT2D eigenvalue weighted by Crippen LogP contribution is -2.22. The summed E-state index contributed by atoms with van der Waals surface area (Å²) in [7, 11) is 0. The first-order chi connectivity index (χ1) is 10.1. The summed E-state index contributed by atoms with van der Waals surface area (Å²) in [5.74, 6) is 0.140. The van der Waals surface area contributed by atoms with Crippen LogP contribution >= 0.6 is 0 Å². The molecule has 2 aromatic rings. The number of hydrogen-bond acceptors (Lipinski definition) is 1. The highest BCUT2D eigenvalue weighted by Gasteiger charge is 2.11.